The summed E-state index contributed by atoms with van der Waals surface area (Å²) in [5.41, 5.74) is 5.84. The smallest absolute Gasteiger partial charge is 0.223 e. The molecule has 0 amide bonds. The minimum atomic E-state index is 0.344. The first-order valence-corrected chi connectivity index (χ1v) is 8.87. The number of aromatic nitrogens is 3. The Labute approximate surface area is 137 Å². The van der Waals surface area contributed by atoms with Gasteiger partial charge in [-0.3, -0.25) is 0 Å². The van der Waals surface area contributed by atoms with Gasteiger partial charge in [0.1, 0.15) is 11.6 Å². The lowest BCUT2D eigenvalue weighted by Crippen LogP contribution is -2.09. The molecule has 4 nitrogen and oxygen atoms in total. The molecule has 1 heterocycles. The summed E-state index contributed by atoms with van der Waals surface area (Å²) in [7, 11) is 0. The van der Waals surface area contributed by atoms with E-state index in [0.717, 1.165) is 16.1 Å². The van der Waals surface area contributed by atoms with Gasteiger partial charge in [0.25, 0.3) is 0 Å². The Balaban J connectivity index is 1.72. The molecule has 0 bridgehead atoms. The van der Waals surface area contributed by atoms with Crippen molar-refractivity contribution in [1.29, 1.82) is 0 Å². The van der Waals surface area contributed by atoms with Gasteiger partial charge in [-0.2, -0.15) is 9.97 Å². The fraction of sp³-hybridized carbons (Fsp3) is 0.400. The number of nitrogen functional groups attached to an aromatic ring is 1. The Morgan fingerprint density at radius 1 is 1.19 bits per heavy atom. The Kier molecular flexibility index (Phi) is 4.75. The van der Waals surface area contributed by atoms with Crippen LogP contribution in [0.5, 0.6) is 0 Å². The Bertz CT molecular complexity index is 629. The summed E-state index contributed by atoms with van der Waals surface area (Å²) >= 11 is 5.19. The quantitative estimate of drug-likeness (QED) is 0.824. The van der Waals surface area contributed by atoms with Crippen LogP contribution in [0.25, 0.3) is 0 Å². The molecule has 2 aromatic rings. The van der Waals surface area contributed by atoms with Crippen LogP contribution in [-0.2, 0) is 5.75 Å². The Morgan fingerprint density at radius 2 is 2.00 bits per heavy atom. The lowest BCUT2D eigenvalue weighted by Gasteiger charge is -2.09. The van der Waals surface area contributed by atoms with Crippen LogP contribution < -0.4 is 5.73 Å². The molecule has 21 heavy (non-hydrogen) atoms. The summed E-state index contributed by atoms with van der Waals surface area (Å²) in [5, 5.41) is 0. The van der Waals surface area contributed by atoms with Crippen LogP contribution in [-0.4, -0.2) is 15.0 Å². The molecule has 0 saturated heterocycles. The van der Waals surface area contributed by atoms with Crippen molar-refractivity contribution in [2.45, 2.75) is 42.2 Å². The van der Waals surface area contributed by atoms with Crippen molar-refractivity contribution >= 4 is 33.6 Å². The third kappa shape index (κ3) is 3.95. The van der Waals surface area contributed by atoms with Crippen LogP contribution >= 0.6 is 27.7 Å². The monoisotopic (exact) mass is 364 g/mol. The summed E-state index contributed by atoms with van der Waals surface area (Å²) in [6.45, 7) is 0. The maximum absolute atomic E-state index is 5.84. The van der Waals surface area contributed by atoms with E-state index in [-0.39, 0.29) is 0 Å². The lowest BCUT2D eigenvalue weighted by atomic mass is 10.1. The second-order valence-electron chi connectivity index (χ2n) is 5.20. The second kappa shape index (κ2) is 6.75. The largest absolute Gasteiger partial charge is 0.368 e. The molecule has 1 fully saturated rings. The molecule has 0 unspecified atom stereocenters. The summed E-state index contributed by atoms with van der Waals surface area (Å²) in [6, 6.07) is 8.21. The molecule has 110 valence electrons. The van der Waals surface area contributed by atoms with Crippen LogP contribution in [0.4, 0.5) is 5.95 Å². The average Bonchev–Trinajstić information content (AvgIpc) is 2.99. The van der Waals surface area contributed by atoms with Crippen LogP contribution in [0.15, 0.2) is 33.6 Å². The van der Waals surface area contributed by atoms with E-state index < -0.39 is 0 Å². The normalized spacial score (nSPS) is 15.5. The molecule has 3 rings (SSSR count). The minimum absolute atomic E-state index is 0.344. The molecule has 6 heteroatoms. The standard InChI is InChI=1S/C15H17BrN4S/c16-11-6-3-7-12(8-11)21-9-13-18-14(20-15(17)19-13)10-4-1-2-5-10/h3,6-8,10H,1-2,4-5,9H2,(H2,17,18,19,20). The highest BCUT2D eigenvalue weighted by atomic mass is 79.9. The van der Waals surface area contributed by atoms with Gasteiger partial charge in [0, 0.05) is 15.3 Å². The summed E-state index contributed by atoms with van der Waals surface area (Å²) in [6.07, 6.45) is 4.86. The first-order valence-electron chi connectivity index (χ1n) is 7.09. The SMILES string of the molecule is Nc1nc(CSc2cccc(Br)c2)nc(C2CCCC2)n1. The van der Waals surface area contributed by atoms with Gasteiger partial charge in [0.2, 0.25) is 5.95 Å². The molecule has 1 aromatic carbocycles. The highest BCUT2D eigenvalue weighted by Crippen LogP contribution is 2.32. The number of nitrogens with zero attached hydrogens (tertiary/aromatic N) is 3. The Hall–Kier alpha value is -1.14. The van der Waals surface area contributed by atoms with E-state index in [4.69, 9.17) is 5.73 Å². The number of hydrogen-bond acceptors (Lipinski definition) is 5. The molecule has 2 N–H and O–H groups in total. The van der Waals surface area contributed by atoms with E-state index >= 15 is 0 Å². The van der Waals surface area contributed by atoms with Crippen LogP contribution in [0.3, 0.4) is 0 Å². The van der Waals surface area contributed by atoms with Crippen molar-refractivity contribution in [3.63, 3.8) is 0 Å². The zero-order valence-electron chi connectivity index (χ0n) is 11.6. The van der Waals surface area contributed by atoms with E-state index in [2.05, 4.69) is 43.0 Å². The Morgan fingerprint density at radius 3 is 2.76 bits per heavy atom. The third-order valence-corrected chi connectivity index (χ3v) is 5.08. The molecule has 0 aliphatic heterocycles. The molecule has 1 aliphatic rings. The molecule has 0 atom stereocenters. The molecular weight excluding hydrogens is 348 g/mol. The second-order valence-corrected chi connectivity index (χ2v) is 7.16. The van der Waals surface area contributed by atoms with E-state index in [9.17, 15) is 0 Å². The van der Waals surface area contributed by atoms with Gasteiger partial charge >= 0.3 is 0 Å². The van der Waals surface area contributed by atoms with Gasteiger partial charge in [0.15, 0.2) is 0 Å². The fourth-order valence-corrected chi connectivity index (χ4v) is 3.95. The number of hydrogen-bond donors (Lipinski definition) is 1. The topological polar surface area (TPSA) is 64.7 Å². The van der Waals surface area contributed by atoms with Gasteiger partial charge in [0.05, 0.1) is 5.75 Å². The first-order chi connectivity index (χ1) is 10.2. The van der Waals surface area contributed by atoms with E-state index in [1.165, 1.54) is 30.6 Å². The van der Waals surface area contributed by atoms with Crippen molar-refractivity contribution in [2.75, 3.05) is 5.73 Å². The molecule has 1 aromatic heterocycles. The number of halogens is 1. The summed E-state index contributed by atoms with van der Waals surface area (Å²) < 4.78 is 1.08. The van der Waals surface area contributed by atoms with Crippen LogP contribution in [0.1, 0.15) is 43.3 Å². The van der Waals surface area contributed by atoms with Gasteiger partial charge in [-0.25, -0.2) is 4.98 Å². The third-order valence-electron chi connectivity index (χ3n) is 3.60. The minimum Gasteiger partial charge on any atom is -0.368 e. The fourth-order valence-electron chi connectivity index (χ4n) is 2.59. The summed E-state index contributed by atoms with van der Waals surface area (Å²) in [4.78, 5) is 14.4. The van der Waals surface area contributed by atoms with Gasteiger partial charge in [-0.15, -0.1) is 11.8 Å². The van der Waals surface area contributed by atoms with Crippen molar-refractivity contribution in [2.24, 2.45) is 0 Å². The number of nitrogens with two attached hydrogens (primary N) is 1. The van der Waals surface area contributed by atoms with Crippen molar-refractivity contribution in [3.05, 3.63) is 40.4 Å². The van der Waals surface area contributed by atoms with Gasteiger partial charge in [-0.1, -0.05) is 34.8 Å². The van der Waals surface area contributed by atoms with Crippen LogP contribution in [0, 0.1) is 0 Å². The molecule has 0 spiro atoms. The van der Waals surface area contributed by atoms with Crippen molar-refractivity contribution < 1.29 is 0 Å². The zero-order valence-corrected chi connectivity index (χ0v) is 14.0. The highest BCUT2D eigenvalue weighted by Gasteiger charge is 2.21. The van der Waals surface area contributed by atoms with Gasteiger partial charge < -0.3 is 5.73 Å². The molecule has 1 aliphatic carbocycles. The number of anilines is 1. The van der Waals surface area contributed by atoms with E-state index in [1.54, 1.807) is 11.8 Å². The van der Waals surface area contributed by atoms with E-state index in [0.29, 0.717) is 17.6 Å². The predicted octanol–water partition coefficient (Wildman–Crippen LogP) is 4.17. The predicted molar refractivity (Wildman–Crippen MR) is 89.2 cm³/mol. The number of rotatable bonds is 4. The first kappa shape index (κ1) is 14.8. The maximum Gasteiger partial charge on any atom is 0.223 e. The molecular formula is C15H17BrN4S. The van der Waals surface area contributed by atoms with E-state index in [1.807, 2.05) is 12.1 Å². The van der Waals surface area contributed by atoms with Crippen LogP contribution in [0.2, 0.25) is 0 Å². The van der Waals surface area contributed by atoms with Gasteiger partial charge in [-0.05, 0) is 31.0 Å². The lowest BCUT2D eigenvalue weighted by molar-refractivity contribution is 0.657. The molecule has 1 saturated carbocycles. The summed E-state index contributed by atoms with van der Waals surface area (Å²) in [5.74, 6) is 3.17. The zero-order chi connectivity index (χ0) is 14.7. The van der Waals surface area contributed by atoms with Crippen molar-refractivity contribution in [1.82, 2.24) is 15.0 Å². The number of thioether (sulfide) groups is 1. The highest BCUT2D eigenvalue weighted by molar-refractivity contribution is 9.10. The maximum atomic E-state index is 5.84. The average molecular weight is 365 g/mol. The number of benzene rings is 1. The molecule has 0 radical (unpaired) electrons. The van der Waals surface area contributed by atoms with Crippen molar-refractivity contribution in [3.8, 4) is 0 Å².